The second-order valence-electron chi connectivity index (χ2n) is 4.13. The number of hydrogen-bond acceptors (Lipinski definition) is 4. The standard InChI is InChI=1S/C14H12N2OS/c1-9-6-7-13(11(15)8-9)17-14-10-4-2-3-5-12(10)16-18-14/h2-8H,15H2,1H3. The van der Waals surface area contributed by atoms with Crippen molar-refractivity contribution >= 4 is 28.1 Å². The van der Waals surface area contributed by atoms with Crippen LogP contribution in [0.2, 0.25) is 0 Å². The average Bonchev–Trinajstić information content (AvgIpc) is 2.76. The van der Waals surface area contributed by atoms with Gasteiger partial charge < -0.3 is 10.5 Å². The third kappa shape index (κ3) is 1.91. The molecule has 3 aromatic rings. The highest BCUT2D eigenvalue weighted by atomic mass is 32.1. The predicted molar refractivity (Wildman–Crippen MR) is 75.3 cm³/mol. The van der Waals surface area contributed by atoms with Gasteiger partial charge in [-0.3, -0.25) is 0 Å². The molecule has 3 rings (SSSR count). The molecular formula is C14H12N2OS. The molecule has 0 amide bonds. The van der Waals surface area contributed by atoms with E-state index in [0.29, 0.717) is 11.4 Å². The lowest BCUT2D eigenvalue weighted by molar-refractivity contribution is 0.504. The van der Waals surface area contributed by atoms with Crippen LogP contribution in [0.4, 0.5) is 5.69 Å². The topological polar surface area (TPSA) is 48.1 Å². The minimum Gasteiger partial charge on any atom is -0.442 e. The molecule has 0 spiro atoms. The summed E-state index contributed by atoms with van der Waals surface area (Å²) in [5.74, 6) is 0.676. The van der Waals surface area contributed by atoms with E-state index < -0.39 is 0 Å². The van der Waals surface area contributed by atoms with E-state index in [1.165, 1.54) is 11.5 Å². The Labute approximate surface area is 109 Å². The first kappa shape index (κ1) is 11.0. The number of anilines is 1. The van der Waals surface area contributed by atoms with E-state index in [4.69, 9.17) is 10.5 Å². The van der Waals surface area contributed by atoms with Crippen LogP contribution in [-0.4, -0.2) is 4.37 Å². The summed E-state index contributed by atoms with van der Waals surface area (Å²) in [5.41, 5.74) is 8.65. The number of nitrogens with two attached hydrogens (primary N) is 1. The van der Waals surface area contributed by atoms with E-state index in [-0.39, 0.29) is 0 Å². The van der Waals surface area contributed by atoms with Crippen molar-refractivity contribution in [3.8, 4) is 10.8 Å². The van der Waals surface area contributed by atoms with Gasteiger partial charge in [0.15, 0.2) is 5.75 Å². The van der Waals surface area contributed by atoms with Crippen molar-refractivity contribution in [2.24, 2.45) is 0 Å². The molecule has 18 heavy (non-hydrogen) atoms. The van der Waals surface area contributed by atoms with Crippen LogP contribution < -0.4 is 10.5 Å². The number of hydrogen-bond donors (Lipinski definition) is 1. The zero-order valence-electron chi connectivity index (χ0n) is 9.88. The molecule has 4 heteroatoms. The summed E-state index contributed by atoms with van der Waals surface area (Å²) in [4.78, 5) is 0. The fourth-order valence-electron chi connectivity index (χ4n) is 1.80. The van der Waals surface area contributed by atoms with Gasteiger partial charge in [0.05, 0.1) is 16.6 Å². The normalized spacial score (nSPS) is 10.7. The molecule has 1 aromatic heterocycles. The van der Waals surface area contributed by atoms with Crippen LogP contribution >= 0.6 is 11.5 Å². The lowest BCUT2D eigenvalue weighted by Gasteiger charge is -2.07. The molecule has 2 N–H and O–H groups in total. The summed E-state index contributed by atoms with van der Waals surface area (Å²) < 4.78 is 10.2. The largest absolute Gasteiger partial charge is 0.442 e. The Kier molecular flexibility index (Phi) is 2.64. The molecule has 0 aliphatic carbocycles. The zero-order chi connectivity index (χ0) is 12.5. The fraction of sp³-hybridized carbons (Fsp3) is 0.0714. The molecule has 2 aromatic carbocycles. The van der Waals surface area contributed by atoms with Crippen LogP contribution in [0.3, 0.4) is 0 Å². The molecule has 0 saturated heterocycles. The number of fused-ring (bicyclic) bond motifs is 1. The summed E-state index contributed by atoms with van der Waals surface area (Å²) >= 11 is 1.34. The number of rotatable bonds is 2. The lowest BCUT2D eigenvalue weighted by Crippen LogP contribution is -1.91. The molecule has 0 radical (unpaired) electrons. The lowest BCUT2D eigenvalue weighted by atomic mass is 10.2. The summed E-state index contributed by atoms with van der Waals surface area (Å²) in [6, 6.07) is 13.7. The van der Waals surface area contributed by atoms with Gasteiger partial charge in [-0.25, -0.2) is 0 Å². The first-order chi connectivity index (χ1) is 8.74. The van der Waals surface area contributed by atoms with E-state index in [2.05, 4.69) is 4.37 Å². The Bertz CT molecular complexity index is 706. The monoisotopic (exact) mass is 256 g/mol. The van der Waals surface area contributed by atoms with E-state index in [0.717, 1.165) is 21.5 Å². The van der Waals surface area contributed by atoms with Gasteiger partial charge in [0, 0.05) is 11.5 Å². The Hall–Kier alpha value is -2.07. The first-order valence-electron chi connectivity index (χ1n) is 5.62. The predicted octanol–water partition coefficient (Wildman–Crippen LogP) is 3.98. The van der Waals surface area contributed by atoms with E-state index >= 15 is 0 Å². The molecule has 0 atom stereocenters. The average molecular weight is 256 g/mol. The zero-order valence-corrected chi connectivity index (χ0v) is 10.7. The van der Waals surface area contributed by atoms with Gasteiger partial charge >= 0.3 is 0 Å². The van der Waals surface area contributed by atoms with Crippen molar-refractivity contribution in [2.45, 2.75) is 6.92 Å². The number of ether oxygens (including phenoxy) is 1. The first-order valence-corrected chi connectivity index (χ1v) is 6.40. The van der Waals surface area contributed by atoms with E-state index in [9.17, 15) is 0 Å². The molecule has 0 fully saturated rings. The molecule has 3 nitrogen and oxygen atoms in total. The number of aromatic nitrogens is 1. The van der Waals surface area contributed by atoms with Gasteiger partial charge in [-0.2, -0.15) is 4.37 Å². The highest BCUT2D eigenvalue weighted by Crippen LogP contribution is 2.36. The van der Waals surface area contributed by atoms with Gasteiger partial charge in [0.1, 0.15) is 0 Å². The molecular weight excluding hydrogens is 244 g/mol. The van der Waals surface area contributed by atoms with Gasteiger partial charge in [0.25, 0.3) is 0 Å². The van der Waals surface area contributed by atoms with Crippen molar-refractivity contribution in [3.05, 3.63) is 48.0 Å². The minimum absolute atomic E-state index is 0.646. The second-order valence-corrected chi connectivity index (χ2v) is 4.87. The van der Waals surface area contributed by atoms with Crippen LogP contribution in [0.1, 0.15) is 5.56 Å². The van der Waals surface area contributed by atoms with Crippen molar-refractivity contribution in [1.82, 2.24) is 4.37 Å². The highest BCUT2D eigenvalue weighted by molar-refractivity contribution is 7.09. The Morgan fingerprint density at radius 2 is 2.00 bits per heavy atom. The molecule has 90 valence electrons. The van der Waals surface area contributed by atoms with Gasteiger partial charge in [-0.15, -0.1) is 0 Å². The molecule has 0 saturated carbocycles. The number of nitrogen functional groups attached to an aromatic ring is 1. The van der Waals surface area contributed by atoms with Gasteiger partial charge in [0.2, 0.25) is 5.06 Å². The third-order valence-electron chi connectivity index (χ3n) is 2.72. The fourth-order valence-corrected chi connectivity index (χ4v) is 2.54. The number of aryl methyl sites for hydroxylation is 1. The van der Waals surface area contributed by atoms with Crippen LogP contribution in [0.15, 0.2) is 42.5 Å². The molecule has 1 heterocycles. The Balaban J connectivity index is 2.01. The number of benzene rings is 2. The van der Waals surface area contributed by atoms with Crippen molar-refractivity contribution in [1.29, 1.82) is 0 Å². The maximum Gasteiger partial charge on any atom is 0.208 e. The summed E-state index contributed by atoms with van der Waals surface area (Å²) in [6.45, 7) is 2.00. The van der Waals surface area contributed by atoms with E-state index in [1.807, 2.05) is 49.4 Å². The summed E-state index contributed by atoms with van der Waals surface area (Å²) in [6.07, 6.45) is 0. The quantitative estimate of drug-likeness (QED) is 0.705. The van der Waals surface area contributed by atoms with Gasteiger partial charge in [-0.1, -0.05) is 18.2 Å². The Morgan fingerprint density at radius 3 is 2.83 bits per heavy atom. The molecule has 0 unspecified atom stereocenters. The maximum absolute atomic E-state index is 5.94. The van der Waals surface area contributed by atoms with Crippen LogP contribution in [-0.2, 0) is 0 Å². The Morgan fingerprint density at radius 1 is 1.17 bits per heavy atom. The van der Waals surface area contributed by atoms with Gasteiger partial charge in [-0.05, 0) is 36.8 Å². The number of nitrogens with zero attached hydrogens (tertiary/aromatic N) is 1. The maximum atomic E-state index is 5.94. The van der Waals surface area contributed by atoms with Crippen LogP contribution in [0.5, 0.6) is 10.8 Å². The molecule has 0 aliphatic heterocycles. The van der Waals surface area contributed by atoms with Crippen molar-refractivity contribution in [2.75, 3.05) is 5.73 Å². The molecule has 0 aliphatic rings. The third-order valence-corrected chi connectivity index (χ3v) is 3.48. The SMILES string of the molecule is Cc1ccc(Oc2snc3ccccc23)c(N)c1. The smallest absolute Gasteiger partial charge is 0.208 e. The second kappa shape index (κ2) is 4.31. The van der Waals surface area contributed by atoms with Crippen molar-refractivity contribution in [3.63, 3.8) is 0 Å². The summed E-state index contributed by atoms with van der Waals surface area (Å²) in [7, 11) is 0. The molecule has 0 bridgehead atoms. The van der Waals surface area contributed by atoms with Crippen molar-refractivity contribution < 1.29 is 4.74 Å². The van der Waals surface area contributed by atoms with Crippen LogP contribution in [0.25, 0.3) is 10.9 Å². The summed E-state index contributed by atoms with van der Waals surface area (Å²) in [5, 5.41) is 1.80. The van der Waals surface area contributed by atoms with Crippen LogP contribution in [0, 0.1) is 6.92 Å². The van der Waals surface area contributed by atoms with E-state index in [1.54, 1.807) is 0 Å². The minimum atomic E-state index is 0.646. The highest BCUT2D eigenvalue weighted by Gasteiger charge is 2.09.